The number of nitrogens with zero attached hydrogens (tertiary/aromatic N) is 1. The highest BCUT2D eigenvalue weighted by atomic mass is 35.5. The third kappa shape index (κ3) is 3.42. The van der Waals surface area contributed by atoms with Crippen molar-refractivity contribution in [3.63, 3.8) is 0 Å². The molecule has 2 unspecified atom stereocenters. The second-order valence-corrected chi connectivity index (χ2v) is 7.33. The van der Waals surface area contributed by atoms with Gasteiger partial charge in [0.15, 0.2) is 5.78 Å². The number of likely N-dealkylation sites (tertiary alicyclic amines) is 1. The Balaban J connectivity index is 2.03. The summed E-state index contributed by atoms with van der Waals surface area (Å²) in [6.45, 7) is 10.9. The van der Waals surface area contributed by atoms with Gasteiger partial charge < -0.3 is 0 Å². The summed E-state index contributed by atoms with van der Waals surface area (Å²) in [4.78, 5) is 14.8. The van der Waals surface area contributed by atoms with Crippen LogP contribution in [0.3, 0.4) is 0 Å². The first kappa shape index (κ1) is 15.5. The van der Waals surface area contributed by atoms with Gasteiger partial charge in [-0.3, -0.25) is 9.69 Å². The van der Waals surface area contributed by atoms with E-state index in [2.05, 4.69) is 25.7 Å². The van der Waals surface area contributed by atoms with E-state index in [1.807, 2.05) is 19.1 Å². The monoisotopic (exact) mass is 293 g/mol. The third-order valence-corrected chi connectivity index (χ3v) is 4.75. The van der Waals surface area contributed by atoms with Gasteiger partial charge in [-0.05, 0) is 55.5 Å². The molecule has 1 aromatic carbocycles. The molecule has 1 aliphatic rings. The molecule has 2 nitrogen and oxygen atoms in total. The van der Waals surface area contributed by atoms with Crippen LogP contribution in [0.1, 0.15) is 44.5 Å². The maximum Gasteiger partial charge on any atom is 0.179 e. The zero-order valence-corrected chi connectivity index (χ0v) is 13.6. The summed E-state index contributed by atoms with van der Waals surface area (Å²) < 4.78 is 0. The smallest absolute Gasteiger partial charge is 0.179 e. The molecule has 1 aliphatic heterocycles. The summed E-state index contributed by atoms with van der Waals surface area (Å²) in [5.41, 5.74) is 1.07. The Morgan fingerprint density at radius 1 is 1.30 bits per heavy atom. The molecule has 3 heteroatoms. The average molecular weight is 294 g/mol. The minimum absolute atomic E-state index is 0.0523. The van der Waals surface area contributed by atoms with Gasteiger partial charge in [0.2, 0.25) is 0 Å². The fourth-order valence-electron chi connectivity index (χ4n) is 2.87. The molecule has 2 rings (SSSR count). The molecule has 1 fully saturated rings. The highest BCUT2D eigenvalue weighted by Crippen LogP contribution is 2.34. The van der Waals surface area contributed by atoms with Gasteiger partial charge in [-0.1, -0.05) is 32.4 Å². The number of Topliss-reactive ketones (excluding diaryl/α,β-unsaturated/α-hetero) is 1. The van der Waals surface area contributed by atoms with Crippen molar-refractivity contribution >= 4 is 17.4 Å². The topological polar surface area (TPSA) is 20.3 Å². The highest BCUT2D eigenvalue weighted by molar-refractivity contribution is 6.30. The SMILES string of the molecule is CC(C(=O)c1ccc(Cl)cc1)N1CCC(C(C)(C)C)C1. The molecule has 1 saturated heterocycles. The number of ketones is 1. The molecule has 1 aromatic rings. The van der Waals surface area contributed by atoms with Crippen LogP contribution < -0.4 is 0 Å². The van der Waals surface area contributed by atoms with E-state index < -0.39 is 0 Å². The van der Waals surface area contributed by atoms with Crippen molar-refractivity contribution in [1.29, 1.82) is 0 Å². The largest absolute Gasteiger partial charge is 0.293 e. The molecule has 0 bridgehead atoms. The molecule has 0 spiro atoms. The van der Waals surface area contributed by atoms with Crippen LogP contribution in [0, 0.1) is 11.3 Å². The van der Waals surface area contributed by atoms with E-state index in [4.69, 9.17) is 11.6 Å². The van der Waals surface area contributed by atoms with Crippen molar-refractivity contribution in [3.05, 3.63) is 34.9 Å². The molecular formula is C17H24ClNO. The molecule has 0 aliphatic carbocycles. The van der Waals surface area contributed by atoms with Gasteiger partial charge in [-0.25, -0.2) is 0 Å². The van der Waals surface area contributed by atoms with Crippen molar-refractivity contribution in [2.75, 3.05) is 13.1 Å². The molecule has 0 saturated carbocycles. The van der Waals surface area contributed by atoms with E-state index in [-0.39, 0.29) is 11.8 Å². The summed E-state index contributed by atoms with van der Waals surface area (Å²) in [7, 11) is 0. The number of hydrogen-bond acceptors (Lipinski definition) is 2. The van der Waals surface area contributed by atoms with E-state index in [1.165, 1.54) is 6.42 Å². The maximum atomic E-state index is 12.5. The normalized spacial score (nSPS) is 21.9. The first-order valence-corrected chi connectivity index (χ1v) is 7.70. The van der Waals surface area contributed by atoms with Gasteiger partial charge in [0.25, 0.3) is 0 Å². The first-order valence-electron chi connectivity index (χ1n) is 7.33. The van der Waals surface area contributed by atoms with Crippen LogP contribution >= 0.6 is 11.6 Å². The quantitative estimate of drug-likeness (QED) is 0.775. The number of hydrogen-bond donors (Lipinski definition) is 0. The summed E-state index contributed by atoms with van der Waals surface area (Å²) >= 11 is 5.87. The molecule has 0 radical (unpaired) electrons. The fourth-order valence-corrected chi connectivity index (χ4v) is 2.99. The van der Waals surface area contributed by atoms with Crippen LogP contribution in [0.5, 0.6) is 0 Å². The van der Waals surface area contributed by atoms with Crippen molar-refractivity contribution < 1.29 is 4.79 Å². The van der Waals surface area contributed by atoms with E-state index >= 15 is 0 Å². The Kier molecular flexibility index (Phi) is 4.55. The molecule has 2 atom stereocenters. The molecule has 0 amide bonds. The lowest BCUT2D eigenvalue weighted by Gasteiger charge is -2.28. The Hall–Kier alpha value is -0.860. The van der Waals surface area contributed by atoms with E-state index in [1.54, 1.807) is 12.1 Å². The van der Waals surface area contributed by atoms with Crippen molar-refractivity contribution in [1.82, 2.24) is 4.90 Å². The summed E-state index contributed by atoms with van der Waals surface area (Å²) in [5.74, 6) is 0.860. The molecule has 110 valence electrons. The van der Waals surface area contributed by atoms with Gasteiger partial charge in [0, 0.05) is 17.1 Å². The van der Waals surface area contributed by atoms with Crippen LogP contribution in [0.4, 0.5) is 0 Å². The number of rotatable bonds is 3. The molecule has 20 heavy (non-hydrogen) atoms. The van der Waals surface area contributed by atoms with Crippen LogP contribution in [0.25, 0.3) is 0 Å². The fraction of sp³-hybridized carbons (Fsp3) is 0.588. The Bertz CT molecular complexity index is 475. The van der Waals surface area contributed by atoms with Crippen LogP contribution in [-0.2, 0) is 0 Å². The minimum Gasteiger partial charge on any atom is -0.293 e. The Morgan fingerprint density at radius 2 is 1.90 bits per heavy atom. The number of carbonyl (C=O) groups is 1. The predicted octanol–water partition coefficient (Wildman–Crippen LogP) is 4.28. The lowest BCUT2D eigenvalue weighted by molar-refractivity contribution is 0.0853. The summed E-state index contributed by atoms with van der Waals surface area (Å²) in [5, 5.41) is 0.670. The van der Waals surface area contributed by atoms with Crippen molar-refractivity contribution in [3.8, 4) is 0 Å². The zero-order valence-electron chi connectivity index (χ0n) is 12.8. The standard InChI is InChI=1S/C17H24ClNO/c1-12(16(20)13-5-7-15(18)8-6-13)19-10-9-14(11-19)17(2,3)4/h5-8,12,14H,9-11H2,1-4H3. The number of carbonyl (C=O) groups excluding carboxylic acids is 1. The summed E-state index contributed by atoms with van der Waals surface area (Å²) in [6.07, 6.45) is 1.18. The van der Waals surface area contributed by atoms with Gasteiger partial charge >= 0.3 is 0 Å². The first-order chi connectivity index (χ1) is 9.29. The third-order valence-electron chi connectivity index (χ3n) is 4.50. The lowest BCUT2D eigenvalue weighted by atomic mass is 9.80. The maximum absolute atomic E-state index is 12.5. The van der Waals surface area contributed by atoms with E-state index in [0.717, 1.165) is 18.7 Å². The molecular weight excluding hydrogens is 270 g/mol. The van der Waals surface area contributed by atoms with E-state index in [9.17, 15) is 4.79 Å². The minimum atomic E-state index is -0.0523. The Labute approximate surface area is 127 Å². The summed E-state index contributed by atoms with van der Waals surface area (Å²) in [6, 6.07) is 7.15. The molecule has 0 aromatic heterocycles. The molecule has 0 N–H and O–H groups in total. The number of benzene rings is 1. The van der Waals surface area contributed by atoms with Crippen LogP contribution in [0.2, 0.25) is 5.02 Å². The molecule has 1 heterocycles. The predicted molar refractivity (Wildman–Crippen MR) is 84.4 cm³/mol. The average Bonchev–Trinajstić information content (AvgIpc) is 2.87. The zero-order chi connectivity index (χ0) is 14.9. The van der Waals surface area contributed by atoms with Gasteiger partial charge in [0.1, 0.15) is 0 Å². The Morgan fingerprint density at radius 3 is 2.40 bits per heavy atom. The second kappa shape index (κ2) is 5.87. The van der Waals surface area contributed by atoms with Gasteiger partial charge in [0.05, 0.1) is 6.04 Å². The van der Waals surface area contributed by atoms with E-state index in [0.29, 0.717) is 16.4 Å². The van der Waals surface area contributed by atoms with Crippen molar-refractivity contribution in [2.45, 2.75) is 40.2 Å². The van der Waals surface area contributed by atoms with Crippen LogP contribution in [-0.4, -0.2) is 29.8 Å². The lowest BCUT2D eigenvalue weighted by Crippen LogP contribution is -2.38. The van der Waals surface area contributed by atoms with Crippen molar-refractivity contribution in [2.24, 2.45) is 11.3 Å². The van der Waals surface area contributed by atoms with Crippen LogP contribution in [0.15, 0.2) is 24.3 Å². The van der Waals surface area contributed by atoms with Gasteiger partial charge in [-0.15, -0.1) is 0 Å². The number of halogens is 1. The highest BCUT2D eigenvalue weighted by Gasteiger charge is 2.35. The van der Waals surface area contributed by atoms with Gasteiger partial charge in [-0.2, -0.15) is 0 Å². The second-order valence-electron chi connectivity index (χ2n) is 6.89.